The van der Waals surface area contributed by atoms with Crippen LogP contribution in [0.4, 0.5) is 0 Å². The first-order valence-corrected chi connectivity index (χ1v) is 2.55. The van der Waals surface area contributed by atoms with Crippen LogP contribution >= 0.6 is 15.9 Å². The average Bonchev–Trinajstić information content (AvgIpc) is 1.69. The standard InChI is InChI=1S/C4H2BrNO2/c1-6-3(2-5)4(7)8/h2H,(H,7,8). The third-order valence-corrected chi connectivity index (χ3v) is 0.877. The van der Waals surface area contributed by atoms with E-state index in [-0.39, 0.29) is 5.70 Å². The topological polar surface area (TPSA) is 41.7 Å². The van der Waals surface area contributed by atoms with Crippen LogP contribution in [0.15, 0.2) is 10.7 Å². The largest absolute Gasteiger partial charge is 0.486 e. The number of carboxylic acids is 1. The van der Waals surface area contributed by atoms with Crippen molar-refractivity contribution in [1.29, 1.82) is 0 Å². The van der Waals surface area contributed by atoms with Gasteiger partial charge < -0.3 is 5.11 Å². The molecule has 0 aromatic carbocycles. The fraction of sp³-hybridized carbons (Fsp3) is 0. The van der Waals surface area contributed by atoms with E-state index in [0.29, 0.717) is 0 Å². The Morgan fingerprint density at radius 1 is 1.88 bits per heavy atom. The molecule has 0 atom stereocenters. The number of halogens is 1. The summed E-state index contributed by atoms with van der Waals surface area (Å²) in [7, 11) is 0. The van der Waals surface area contributed by atoms with Gasteiger partial charge in [-0.15, -0.1) is 0 Å². The second kappa shape index (κ2) is 3.22. The number of rotatable bonds is 1. The minimum absolute atomic E-state index is 0.315. The lowest BCUT2D eigenvalue weighted by molar-refractivity contribution is -0.132. The molecule has 0 unspecified atom stereocenters. The first-order chi connectivity index (χ1) is 3.72. The van der Waals surface area contributed by atoms with Gasteiger partial charge in [-0.3, -0.25) is 4.79 Å². The molecule has 0 bridgehead atoms. The first kappa shape index (κ1) is 7.18. The van der Waals surface area contributed by atoms with Crippen LogP contribution in [-0.4, -0.2) is 11.1 Å². The molecular formula is C4H2BrNO2. The van der Waals surface area contributed by atoms with Crippen LogP contribution in [0.3, 0.4) is 0 Å². The Kier molecular flexibility index (Phi) is 2.89. The molecule has 42 valence electrons. The molecule has 8 heavy (non-hydrogen) atoms. The molecule has 1 N–H and O–H groups in total. The maximum absolute atomic E-state index is 9.85. The Hall–Kier alpha value is -0.820. The van der Waals surface area contributed by atoms with E-state index in [1.165, 1.54) is 0 Å². The normalized spacial score (nSPS) is 10.2. The van der Waals surface area contributed by atoms with Crippen LogP contribution in [0.5, 0.6) is 0 Å². The summed E-state index contributed by atoms with van der Waals surface area (Å²) in [6, 6.07) is 0. The van der Waals surface area contributed by atoms with Crippen LogP contribution in [0.25, 0.3) is 4.85 Å². The van der Waals surface area contributed by atoms with Crippen molar-refractivity contribution in [2.45, 2.75) is 0 Å². The number of hydrogen-bond donors (Lipinski definition) is 1. The average molecular weight is 176 g/mol. The lowest BCUT2D eigenvalue weighted by Gasteiger charge is -1.80. The second-order valence-electron chi connectivity index (χ2n) is 0.911. The molecule has 0 aliphatic carbocycles. The summed E-state index contributed by atoms with van der Waals surface area (Å²) in [6.07, 6.45) is 0. The van der Waals surface area contributed by atoms with Crippen LogP contribution < -0.4 is 0 Å². The number of aliphatic carboxylic acids is 1. The van der Waals surface area contributed by atoms with E-state index in [1.807, 2.05) is 0 Å². The second-order valence-corrected chi connectivity index (χ2v) is 1.37. The quantitative estimate of drug-likeness (QED) is 0.482. The lowest BCUT2D eigenvalue weighted by Crippen LogP contribution is -1.93. The Morgan fingerprint density at radius 2 is 2.38 bits per heavy atom. The highest BCUT2D eigenvalue weighted by atomic mass is 79.9. The monoisotopic (exact) mass is 175 g/mol. The van der Waals surface area contributed by atoms with E-state index < -0.39 is 5.97 Å². The van der Waals surface area contributed by atoms with Crippen molar-refractivity contribution in [2.75, 3.05) is 0 Å². The van der Waals surface area contributed by atoms with E-state index in [9.17, 15) is 4.79 Å². The Bertz CT molecular complexity index is 167. The fourth-order valence-electron chi connectivity index (χ4n) is 0.119. The summed E-state index contributed by atoms with van der Waals surface area (Å²) in [4.78, 5) is 13.6. The van der Waals surface area contributed by atoms with Gasteiger partial charge in [0.05, 0.1) is 6.57 Å². The van der Waals surface area contributed by atoms with Gasteiger partial charge in [-0.2, -0.15) is 0 Å². The molecule has 0 amide bonds. The molecule has 0 spiro atoms. The third-order valence-electron chi connectivity index (χ3n) is 0.443. The van der Waals surface area contributed by atoms with Crippen LogP contribution in [0.1, 0.15) is 0 Å². The van der Waals surface area contributed by atoms with Gasteiger partial charge in [0, 0.05) is 0 Å². The van der Waals surface area contributed by atoms with Crippen molar-refractivity contribution in [3.63, 3.8) is 0 Å². The molecule has 0 aliphatic rings. The SMILES string of the molecule is [C-]#[N+]C(=CBr)C(=O)O. The number of carbonyl (C=O) groups is 1. The molecule has 3 nitrogen and oxygen atoms in total. The van der Waals surface area contributed by atoms with Crippen LogP contribution in [0.2, 0.25) is 0 Å². The molecule has 0 saturated carbocycles. The van der Waals surface area contributed by atoms with Gasteiger partial charge in [-0.05, 0) is 4.99 Å². The predicted molar refractivity (Wildman–Crippen MR) is 31.2 cm³/mol. The minimum Gasteiger partial charge on any atom is -0.486 e. The van der Waals surface area contributed by atoms with E-state index in [2.05, 4.69) is 20.8 Å². The maximum Gasteiger partial charge on any atom is 0.334 e. The number of hydrogen-bond acceptors (Lipinski definition) is 1. The predicted octanol–water partition coefficient (Wildman–Crippen LogP) is 1.23. The number of nitrogens with zero attached hydrogens (tertiary/aromatic N) is 1. The van der Waals surface area contributed by atoms with Crippen molar-refractivity contribution in [3.05, 3.63) is 22.1 Å². The molecule has 0 saturated heterocycles. The molecule has 0 fully saturated rings. The molecule has 4 heteroatoms. The van der Waals surface area contributed by atoms with Gasteiger partial charge in [0.15, 0.2) is 0 Å². The Morgan fingerprint density at radius 3 is 2.38 bits per heavy atom. The summed E-state index contributed by atoms with van der Waals surface area (Å²) in [6.45, 7) is 6.24. The highest BCUT2D eigenvalue weighted by Gasteiger charge is 2.02. The Balaban J connectivity index is 4.20. The van der Waals surface area contributed by atoms with Gasteiger partial charge in [0.25, 0.3) is 5.70 Å². The number of carboxylic acid groups (broad SMARTS) is 1. The molecule has 0 aliphatic heterocycles. The molecule has 0 aromatic rings. The highest BCUT2D eigenvalue weighted by Crippen LogP contribution is 1.98. The maximum atomic E-state index is 9.85. The van der Waals surface area contributed by atoms with Crippen LogP contribution in [0, 0.1) is 6.57 Å². The summed E-state index contributed by atoms with van der Waals surface area (Å²) in [5.41, 5.74) is -0.315. The van der Waals surface area contributed by atoms with Gasteiger partial charge in [0.2, 0.25) is 0 Å². The van der Waals surface area contributed by atoms with Gasteiger partial charge in [-0.25, -0.2) is 4.85 Å². The zero-order valence-electron chi connectivity index (χ0n) is 3.76. The molecule has 0 rings (SSSR count). The summed E-state index contributed by atoms with van der Waals surface area (Å²) < 4.78 is 0. The van der Waals surface area contributed by atoms with Crippen molar-refractivity contribution < 1.29 is 9.90 Å². The Labute approximate surface area is 54.6 Å². The zero-order valence-corrected chi connectivity index (χ0v) is 5.34. The van der Waals surface area contributed by atoms with E-state index >= 15 is 0 Å². The van der Waals surface area contributed by atoms with Crippen molar-refractivity contribution in [2.24, 2.45) is 0 Å². The van der Waals surface area contributed by atoms with E-state index in [1.54, 1.807) is 0 Å². The highest BCUT2D eigenvalue weighted by molar-refractivity contribution is 9.11. The van der Waals surface area contributed by atoms with E-state index in [0.717, 1.165) is 4.99 Å². The van der Waals surface area contributed by atoms with Crippen molar-refractivity contribution >= 4 is 21.9 Å². The summed E-state index contributed by atoms with van der Waals surface area (Å²) >= 11 is 2.72. The fourth-order valence-corrected chi connectivity index (χ4v) is 0.417. The van der Waals surface area contributed by atoms with E-state index in [4.69, 9.17) is 11.7 Å². The lowest BCUT2D eigenvalue weighted by atomic mass is 10.5. The third kappa shape index (κ3) is 1.76. The van der Waals surface area contributed by atoms with Crippen molar-refractivity contribution in [3.8, 4) is 0 Å². The molecular weight excluding hydrogens is 174 g/mol. The molecule has 0 aromatic heterocycles. The van der Waals surface area contributed by atoms with Gasteiger partial charge in [-0.1, -0.05) is 15.9 Å². The summed E-state index contributed by atoms with van der Waals surface area (Å²) in [5, 5.41) is 8.06. The zero-order chi connectivity index (χ0) is 6.57. The molecule has 0 heterocycles. The molecule has 0 radical (unpaired) electrons. The van der Waals surface area contributed by atoms with Gasteiger partial charge >= 0.3 is 5.97 Å². The van der Waals surface area contributed by atoms with Crippen molar-refractivity contribution in [1.82, 2.24) is 0 Å². The summed E-state index contributed by atoms with van der Waals surface area (Å²) in [5.74, 6) is -1.21. The van der Waals surface area contributed by atoms with Gasteiger partial charge in [0.1, 0.15) is 0 Å². The smallest absolute Gasteiger partial charge is 0.334 e. The minimum atomic E-state index is -1.21. The van der Waals surface area contributed by atoms with Crippen LogP contribution in [-0.2, 0) is 4.79 Å². The first-order valence-electron chi connectivity index (χ1n) is 1.63.